The molecule has 1 unspecified atom stereocenters. The summed E-state index contributed by atoms with van der Waals surface area (Å²) < 4.78 is 5.21. The smallest absolute Gasteiger partial charge is 0.120 e. The highest BCUT2D eigenvalue weighted by Crippen LogP contribution is 2.38. The lowest BCUT2D eigenvalue weighted by Gasteiger charge is -2.33. The molecule has 1 heterocycles. The Bertz CT molecular complexity index is 340. The number of methoxy groups -OCH3 is 1. The molecule has 0 bridgehead atoms. The van der Waals surface area contributed by atoms with E-state index in [2.05, 4.69) is 31.0 Å². The largest absolute Gasteiger partial charge is 0.497 e. The molecular weight excluding hydrogens is 194 g/mol. The van der Waals surface area contributed by atoms with Gasteiger partial charge >= 0.3 is 0 Å². The number of ether oxygens (including phenoxy) is 1. The van der Waals surface area contributed by atoms with E-state index >= 15 is 0 Å². The molecule has 76 valence electrons. The normalized spacial score (nSPS) is 20.5. The van der Waals surface area contributed by atoms with Crippen molar-refractivity contribution in [3.05, 3.63) is 18.2 Å². The maximum absolute atomic E-state index is 5.21. The van der Waals surface area contributed by atoms with E-state index in [1.54, 1.807) is 7.11 Å². The zero-order valence-corrected chi connectivity index (χ0v) is 9.60. The monoisotopic (exact) mass is 209 g/mol. The maximum atomic E-state index is 5.21. The predicted octanol–water partition coefficient (Wildman–Crippen LogP) is 2.63. The molecule has 0 radical (unpaired) electrons. The van der Waals surface area contributed by atoms with Gasteiger partial charge in [0.2, 0.25) is 0 Å². The van der Waals surface area contributed by atoms with Crippen LogP contribution in [-0.2, 0) is 0 Å². The zero-order chi connectivity index (χ0) is 10.1. The van der Waals surface area contributed by atoms with Crippen LogP contribution in [0.25, 0.3) is 0 Å². The summed E-state index contributed by atoms with van der Waals surface area (Å²) in [6.45, 7) is 2.25. The molecule has 0 spiro atoms. The van der Waals surface area contributed by atoms with E-state index in [1.807, 2.05) is 17.8 Å². The summed E-state index contributed by atoms with van der Waals surface area (Å²) in [4.78, 5) is 3.65. The van der Waals surface area contributed by atoms with Crippen LogP contribution >= 0.6 is 11.8 Å². The summed E-state index contributed by atoms with van der Waals surface area (Å²) in [6, 6.07) is 6.88. The molecule has 1 aromatic rings. The van der Waals surface area contributed by atoms with Crippen LogP contribution in [0.3, 0.4) is 0 Å². The first-order chi connectivity index (χ1) is 6.72. The number of hydrogen-bond donors (Lipinski definition) is 0. The third kappa shape index (κ3) is 1.57. The molecule has 0 fully saturated rings. The summed E-state index contributed by atoms with van der Waals surface area (Å²) in [5.74, 6) is 2.09. The van der Waals surface area contributed by atoms with Gasteiger partial charge in [-0.15, -0.1) is 11.8 Å². The first kappa shape index (κ1) is 9.71. The van der Waals surface area contributed by atoms with E-state index in [9.17, 15) is 0 Å². The van der Waals surface area contributed by atoms with Crippen LogP contribution in [0.2, 0.25) is 0 Å². The van der Waals surface area contributed by atoms with Crippen molar-refractivity contribution < 1.29 is 4.74 Å². The SMILES string of the molecule is COc1ccc2c(c1)SCC(C)N2C. The fourth-order valence-electron chi connectivity index (χ4n) is 1.59. The van der Waals surface area contributed by atoms with Crippen molar-refractivity contribution in [2.45, 2.75) is 17.9 Å². The molecule has 1 atom stereocenters. The second-order valence-corrected chi connectivity index (χ2v) is 4.67. The van der Waals surface area contributed by atoms with Gasteiger partial charge in [0.25, 0.3) is 0 Å². The van der Waals surface area contributed by atoms with Crippen molar-refractivity contribution in [1.82, 2.24) is 0 Å². The fourth-order valence-corrected chi connectivity index (χ4v) is 2.79. The lowest BCUT2D eigenvalue weighted by molar-refractivity contribution is 0.413. The van der Waals surface area contributed by atoms with Crippen LogP contribution in [0.5, 0.6) is 5.75 Å². The Labute approximate surface area is 89.2 Å². The molecule has 1 aromatic carbocycles. The first-order valence-electron chi connectivity index (χ1n) is 4.76. The molecule has 0 saturated heterocycles. The Morgan fingerprint density at radius 1 is 1.50 bits per heavy atom. The fraction of sp³-hybridized carbons (Fsp3) is 0.455. The Morgan fingerprint density at radius 3 is 3.00 bits per heavy atom. The van der Waals surface area contributed by atoms with E-state index in [4.69, 9.17) is 4.74 Å². The van der Waals surface area contributed by atoms with Crippen molar-refractivity contribution in [1.29, 1.82) is 0 Å². The van der Waals surface area contributed by atoms with Gasteiger partial charge in [-0.1, -0.05) is 0 Å². The number of benzene rings is 1. The molecule has 1 aliphatic rings. The van der Waals surface area contributed by atoms with Crippen molar-refractivity contribution in [2.24, 2.45) is 0 Å². The molecular formula is C11H15NOS. The maximum Gasteiger partial charge on any atom is 0.120 e. The quantitative estimate of drug-likeness (QED) is 0.705. The highest BCUT2D eigenvalue weighted by Gasteiger charge is 2.20. The number of thioether (sulfide) groups is 1. The van der Waals surface area contributed by atoms with E-state index in [0.29, 0.717) is 6.04 Å². The van der Waals surface area contributed by atoms with Gasteiger partial charge in [0.15, 0.2) is 0 Å². The second kappa shape index (κ2) is 3.73. The Morgan fingerprint density at radius 2 is 2.29 bits per heavy atom. The summed E-state index contributed by atoms with van der Waals surface area (Å²) in [6.07, 6.45) is 0. The standard InChI is InChI=1S/C11H15NOS/c1-8-7-14-11-6-9(13-3)4-5-10(11)12(8)2/h4-6,8H,7H2,1-3H3. The lowest BCUT2D eigenvalue weighted by Crippen LogP contribution is -2.33. The van der Waals surface area contributed by atoms with Crippen molar-refractivity contribution in [3.8, 4) is 5.75 Å². The van der Waals surface area contributed by atoms with Gasteiger partial charge in [0, 0.05) is 23.7 Å². The number of fused-ring (bicyclic) bond motifs is 1. The molecule has 2 rings (SSSR count). The van der Waals surface area contributed by atoms with Crippen molar-refractivity contribution in [2.75, 3.05) is 24.8 Å². The highest BCUT2D eigenvalue weighted by molar-refractivity contribution is 7.99. The van der Waals surface area contributed by atoms with Crippen molar-refractivity contribution >= 4 is 17.4 Å². The Kier molecular flexibility index (Phi) is 2.59. The van der Waals surface area contributed by atoms with Gasteiger partial charge in [0.1, 0.15) is 5.75 Å². The molecule has 1 aliphatic heterocycles. The Balaban J connectivity index is 2.38. The number of hydrogen-bond acceptors (Lipinski definition) is 3. The molecule has 3 heteroatoms. The molecule has 0 aliphatic carbocycles. The van der Waals surface area contributed by atoms with Crippen LogP contribution in [0, 0.1) is 0 Å². The summed E-state index contributed by atoms with van der Waals surface area (Å²) >= 11 is 1.91. The first-order valence-corrected chi connectivity index (χ1v) is 5.74. The van der Waals surface area contributed by atoms with Crippen LogP contribution in [0.4, 0.5) is 5.69 Å². The molecule has 0 N–H and O–H groups in total. The van der Waals surface area contributed by atoms with Crippen LogP contribution in [0.1, 0.15) is 6.92 Å². The van der Waals surface area contributed by atoms with Gasteiger partial charge in [0.05, 0.1) is 12.8 Å². The van der Waals surface area contributed by atoms with Crippen molar-refractivity contribution in [3.63, 3.8) is 0 Å². The zero-order valence-electron chi connectivity index (χ0n) is 8.78. The third-order valence-corrected chi connectivity index (χ3v) is 3.98. The van der Waals surface area contributed by atoms with Gasteiger partial charge < -0.3 is 9.64 Å². The molecule has 2 nitrogen and oxygen atoms in total. The van der Waals surface area contributed by atoms with Crippen LogP contribution in [-0.4, -0.2) is 26.0 Å². The van der Waals surface area contributed by atoms with Gasteiger partial charge in [-0.05, 0) is 25.1 Å². The lowest BCUT2D eigenvalue weighted by atomic mass is 10.2. The van der Waals surface area contributed by atoms with E-state index in [1.165, 1.54) is 10.6 Å². The minimum Gasteiger partial charge on any atom is -0.497 e. The van der Waals surface area contributed by atoms with E-state index in [-0.39, 0.29) is 0 Å². The van der Waals surface area contributed by atoms with Gasteiger partial charge in [-0.25, -0.2) is 0 Å². The highest BCUT2D eigenvalue weighted by atomic mass is 32.2. The summed E-state index contributed by atoms with van der Waals surface area (Å²) in [5, 5.41) is 0. The average molecular weight is 209 g/mol. The topological polar surface area (TPSA) is 12.5 Å². The summed E-state index contributed by atoms with van der Waals surface area (Å²) in [5.41, 5.74) is 1.31. The number of anilines is 1. The molecule has 0 aromatic heterocycles. The molecule has 0 amide bonds. The average Bonchev–Trinajstić information content (AvgIpc) is 2.23. The Hall–Kier alpha value is -0.830. The number of rotatable bonds is 1. The molecule has 14 heavy (non-hydrogen) atoms. The van der Waals surface area contributed by atoms with E-state index in [0.717, 1.165) is 11.5 Å². The third-order valence-electron chi connectivity index (χ3n) is 2.69. The van der Waals surface area contributed by atoms with E-state index < -0.39 is 0 Å². The molecule has 0 saturated carbocycles. The minimum atomic E-state index is 0.612. The van der Waals surface area contributed by atoms with Crippen LogP contribution in [0.15, 0.2) is 23.1 Å². The van der Waals surface area contributed by atoms with Crippen LogP contribution < -0.4 is 9.64 Å². The summed E-state index contributed by atoms with van der Waals surface area (Å²) in [7, 11) is 3.86. The predicted molar refractivity (Wildman–Crippen MR) is 61.6 cm³/mol. The van der Waals surface area contributed by atoms with Gasteiger partial charge in [-0.3, -0.25) is 0 Å². The second-order valence-electron chi connectivity index (χ2n) is 3.60. The number of nitrogens with zero attached hydrogens (tertiary/aromatic N) is 1. The van der Waals surface area contributed by atoms with Gasteiger partial charge in [-0.2, -0.15) is 0 Å². The minimum absolute atomic E-state index is 0.612.